The molecule has 0 unspecified atom stereocenters. The van der Waals surface area contributed by atoms with Gasteiger partial charge in [0.1, 0.15) is 4.88 Å². The van der Waals surface area contributed by atoms with E-state index in [0.29, 0.717) is 6.42 Å². The maximum Gasteiger partial charge on any atom is 0.346 e. The Balaban J connectivity index is 2.61. The third-order valence-corrected chi connectivity index (χ3v) is 3.86. The van der Waals surface area contributed by atoms with Gasteiger partial charge >= 0.3 is 11.9 Å². The minimum atomic E-state index is -1.13. The molecule has 0 radical (unpaired) electrons. The fourth-order valence-corrected chi connectivity index (χ4v) is 3.16. The Morgan fingerprint density at radius 3 is 2.33 bits per heavy atom. The SMILES string of the molecule is O=C(O)c1sc2c(c1C(=O)O)CCCC2. The summed E-state index contributed by atoms with van der Waals surface area (Å²) < 4.78 is 0. The van der Waals surface area contributed by atoms with Crippen LogP contribution in [0.25, 0.3) is 0 Å². The van der Waals surface area contributed by atoms with Crippen LogP contribution in [0.1, 0.15) is 43.3 Å². The Bertz CT molecular complexity index is 433. The molecule has 2 N–H and O–H groups in total. The lowest BCUT2D eigenvalue weighted by Crippen LogP contribution is -2.08. The number of carboxylic acid groups (broad SMARTS) is 2. The third-order valence-electron chi connectivity index (χ3n) is 2.58. The molecule has 5 heteroatoms. The Morgan fingerprint density at radius 1 is 1.07 bits per heavy atom. The Labute approximate surface area is 90.2 Å². The predicted molar refractivity (Wildman–Crippen MR) is 54.9 cm³/mol. The molecular weight excluding hydrogens is 216 g/mol. The van der Waals surface area contributed by atoms with Crippen LogP contribution in [-0.4, -0.2) is 22.2 Å². The van der Waals surface area contributed by atoms with Crippen molar-refractivity contribution in [2.75, 3.05) is 0 Å². The van der Waals surface area contributed by atoms with E-state index in [-0.39, 0.29) is 10.4 Å². The third kappa shape index (κ3) is 1.63. The van der Waals surface area contributed by atoms with Gasteiger partial charge in [-0.1, -0.05) is 0 Å². The van der Waals surface area contributed by atoms with E-state index in [4.69, 9.17) is 10.2 Å². The van der Waals surface area contributed by atoms with Crippen molar-refractivity contribution in [3.8, 4) is 0 Å². The summed E-state index contributed by atoms with van der Waals surface area (Å²) >= 11 is 1.12. The first-order valence-corrected chi connectivity index (χ1v) is 5.54. The normalized spacial score (nSPS) is 14.7. The van der Waals surface area contributed by atoms with E-state index in [2.05, 4.69) is 0 Å². The Kier molecular flexibility index (Phi) is 2.48. The molecule has 0 aliphatic heterocycles. The predicted octanol–water partition coefficient (Wildman–Crippen LogP) is 2.02. The number of carbonyl (C=O) groups is 2. The van der Waals surface area contributed by atoms with Crippen molar-refractivity contribution < 1.29 is 19.8 Å². The van der Waals surface area contributed by atoms with Gasteiger partial charge in [0.15, 0.2) is 0 Å². The van der Waals surface area contributed by atoms with Crippen LogP contribution in [0.15, 0.2) is 0 Å². The number of hydrogen-bond donors (Lipinski definition) is 2. The fraction of sp³-hybridized carbons (Fsp3) is 0.400. The molecule has 2 rings (SSSR count). The van der Waals surface area contributed by atoms with Crippen LogP contribution in [0.4, 0.5) is 0 Å². The number of hydrogen-bond acceptors (Lipinski definition) is 3. The van der Waals surface area contributed by atoms with Crippen LogP contribution >= 0.6 is 11.3 Å². The van der Waals surface area contributed by atoms with Crippen molar-refractivity contribution in [3.63, 3.8) is 0 Å². The van der Waals surface area contributed by atoms with Crippen molar-refractivity contribution in [2.24, 2.45) is 0 Å². The van der Waals surface area contributed by atoms with Gasteiger partial charge in [0.2, 0.25) is 0 Å². The van der Waals surface area contributed by atoms with Crippen LogP contribution in [0.5, 0.6) is 0 Å². The summed E-state index contributed by atoms with van der Waals surface area (Å²) in [6, 6.07) is 0. The van der Waals surface area contributed by atoms with Crippen molar-refractivity contribution >= 4 is 23.3 Å². The van der Waals surface area contributed by atoms with Gasteiger partial charge in [-0.25, -0.2) is 9.59 Å². The van der Waals surface area contributed by atoms with Gasteiger partial charge < -0.3 is 10.2 Å². The Morgan fingerprint density at radius 2 is 1.73 bits per heavy atom. The smallest absolute Gasteiger partial charge is 0.346 e. The fourth-order valence-electron chi connectivity index (χ4n) is 1.94. The molecule has 1 aromatic rings. The van der Waals surface area contributed by atoms with Crippen LogP contribution in [0, 0.1) is 0 Å². The molecule has 0 atom stereocenters. The summed E-state index contributed by atoms with van der Waals surface area (Å²) in [4.78, 5) is 22.8. The maximum absolute atomic E-state index is 11.0. The van der Waals surface area contributed by atoms with Crippen molar-refractivity contribution in [3.05, 3.63) is 20.9 Å². The molecule has 1 aliphatic carbocycles. The molecule has 0 bridgehead atoms. The summed E-state index contributed by atoms with van der Waals surface area (Å²) in [5.74, 6) is -2.25. The molecule has 80 valence electrons. The summed E-state index contributed by atoms with van der Waals surface area (Å²) in [7, 11) is 0. The standard InChI is InChI=1S/C10H10O4S/c11-9(12)7-5-3-1-2-4-6(5)15-8(7)10(13)14/h1-4H2,(H,11,12)(H,13,14). The second kappa shape index (κ2) is 3.66. The van der Waals surface area contributed by atoms with Crippen molar-refractivity contribution in [1.29, 1.82) is 0 Å². The Hall–Kier alpha value is -1.36. The summed E-state index contributed by atoms with van der Waals surface area (Å²) in [6.07, 6.45) is 3.48. The maximum atomic E-state index is 11.0. The van der Waals surface area contributed by atoms with Crippen LogP contribution in [0.3, 0.4) is 0 Å². The first-order chi connectivity index (χ1) is 7.11. The zero-order chi connectivity index (χ0) is 11.0. The van der Waals surface area contributed by atoms with E-state index < -0.39 is 11.9 Å². The highest BCUT2D eigenvalue weighted by Crippen LogP contribution is 2.34. The minimum Gasteiger partial charge on any atom is -0.478 e. The van der Waals surface area contributed by atoms with Crippen molar-refractivity contribution in [2.45, 2.75) is 25.7 Å². The number of carboxylic acids is 2. The summed E-state index contributed by atoms with van der Waals surface area (Å²) in [5, 5.41) is 17.9. The van der Waals surface area contributed by atoms with E-state index in [9.17, 15) is 9.59 Å². The topological polar surface area (TPSA) is 74.6 Å². The molecular formula is C10H10O4S. The molecule has 0 saturated heterocycles. The molecule has 4 nitrogen and oxygen atoms in total. The molecule has 1 heterocycles. The zero-order valence-electron chi connectivity index (χ0n) is 7.95. The van der Waals surface area contributed by atoms with Crippen LogP contribution in [-0.2, 0) is 12.8 Å². The zero-order valence-corrected chi connectivity index (χ0v) is 8.76. The van der Waals surface area contributed by atoms with Crippen molar-refractivity contribution in [1.82, 2.24) is 0 Å². The van der Waals surface area contributed by atoms with E-state index >= 15 is 0 Å². The second-order valence-corrected chi connectivity index (χ2v) is 4.63. The van der Waals surface area contributed by atoms with Gasteiger partial charge in [0.25, 0.3) is 0 Å². The lowest BCUT2D eigenvalue weighted by molar-refractivity contribution is 0.0655. The molecule has 1 aromatic heterocycles. The molecule has 0 saturated carbocycles. The molecule has 0 aromatic carbocycles. The number of rotatable bonds is 2. The highest BCUT2D eigenvalue weighted by atomic mass is 32.1. The molecule has 15 heavy (non-hydrogen) atoms. The van der Waals surface area contributed by atoms with E-state index in [0.717, 1.165) is 41.0 Å². The highest BCUT2D eigenvalue weighted by molar-refractivity contribution is 7.14. The highest BCUT2D eigenvalue weighted by Gasteiger charge is 2.27. The van der Waals surface area contributed by atoms with Gasteiger partial charge in [-0.05, 0) is 31.2 Å². The van der Waals surface area contributed by atoms with Gasteiger partial charge in [0.05, 0.1) is 5.56 Å². The summed E-state index contributed by atoms with van der Waals surface area (Å²) in [6.45, 7) is 0. The first kappa shape index (κ1) is 10.2. The molecule has 1 aliphatic rings. The lowest BCUT2D eigenvalue weighted by Gasteiger charge is -2.10. The number of aryl methyl sites for hydroxylation is 1. The molecule has 0 amide bonds. The number of aromatic carboxylic acids is 2. The molecule has 0 fully saturated rings. The molecule has 0 spiro atoms. The average molecular weight is 226 g/mol. The minimum absolute atomic E-state index is 0.0159. The van der Waals surface area contributed by atoms with Crippen LogP contribution < -0.4 is 0 Å². The summed E-state index contributed by atoms with van der Waals surface area (Å²) in [5.41, 5.74) is 0.762. The second-order valence-electron chi connectivity index (χ2n) is 3.53. The number of thiophene rings is 1. The van der Waals surface area contributed by atoms with Gasteiger partial charge in [-0.15, -0.1) is 11.3 Å². The van der Waals surface area contributed by atoms with Gasteiger partial charge in [-0.3, -0.25) is 0 Å². The van der Waals surface area contributed by atoms with E-state index in [1.54, 1.807) is 0 Å². The van der Waals surface area contributed by atoms with E-state index in [1.807, 2.05) is 0 Å². The number of fused-ring (bicyclic) bond motifs is 1. The monoisotopic (exact) mass is 226 g/mol. The average Bonchev–Trinajstić information content (AvgIpc) is 2.56. The largest absolute Gasteiger partial charge is 0.478 e. The lowest BCUT2D eigenvalue weighted by atomic mass is 9.95. The van der Waals surface area contributed by atoms with Crippen LogP contribution in [0.2, 0.25) is 0 Å². The van der Waals surface area contributed by atoms with Gasteiger partial charge in [0, 0.05) is 4.88 Å². The van der Waals surface area contributed by atoms with E-state index in [1.165, 1.54) is 0 Å². The first-order valence-electron chi connectivity index (χ1n) is 4.72. The quantitative estimate of drug-likeness (QED) is 0.809. The van der Waals surface area contributed by atoms with Gasteiger partial charge in [-0.2, -0.15) is 0 Å².